The van der Waals surface area contributed by atoms with Gasteiger partial charge in [-0.05, 0) is 77.0 Å². The first kappa shape index (κ1) is 66.6. The maximum absolute atomic E-state index is 12.8. The van der Waals surface area contributed by atoms with Crippen LogP contribution in [-0.2, 0) is 28.6 Å². The summed E-state index contributed by atoms with van der Waals surface area (Å²) in [6, 6.07) is 0. The van der Waals surface area contributed by atoms with Gasteiger partial charge in [-0.25, -0.2) is 0 Å². The highest BCUT2D eigenvalue weighted by Gasteiger charge is 2.19. The number of rotatable bonds is 53. The molecule has 6 heteroatoms. The number of hydrogen-bond acceptors (Lipinski definition) is 6. The molecule has 402 valence electrons. The van der Waals surface area contributed by atoms with E-state index >= 15 is 0 Å². The molecule has 0 N–H and O–H groups in total. The minimum absolute atomic E-state index is 0.0751. The summed E-state index contributed by atoms with van der Waals surface area (Å²) in [5.74, 6) is -0.883. The molecule has 70 heavy (non-hydrogen) atoms. The molecular formula is C64H110O6. The van der Waals surface area contributed by atoms with Crippen molar-refractivity contribution in [1.82, 2.24) is 0 Å². The van der Waals surface area contributed by atoms with E-state index in [0.29, 0.717) is 19.3 Å². The van der Waals surface area contributed by atoms with Crippen LogP contribution in [0.1, 0.15) is 284 Å². The van der Waals surface area contributed by atoms with E-state index in [-0.39, 0.29) is 31.1 Å². The molecule has 0 saturated heterocycles. The Hall–Kier alpha value is -3.41. The van der Waals surface area contributed by atoms with Crippen LogP contribution in [0.4, 0.5) is 0 Å². The second-order valence-corrected chi connectivity index (χ2v) is 19.5. The average molecular weight is 976 g/mol. The van der Waals surface area contributed by atoms with Crippen molar-refractivity contribution in [3.8, 4) is 0 Å². The van der Waals surface area contributed by atoms with Gasteiger partial charge in [-0.15, -0.1) is 0 Å². The highest BCUT2D eigenvalue weighted by molar-refractivity contribution is 5.71. The Morgan fingerprint density at radius 3 is 0.871 bits per heavy atom. The Morgan fingerprint density at radius 1 is 0.300 bits per heavy atom. The molecule has 0 aliphatic heterocycles. The third kappa shape index (κ3) is 55.5. The molecule has 0 aliphatic carbocycles. The number of carbonyl (C=O) groups is 3. The third-order valence-corrected chi connectivity index (χ3v) is 12.7. The van der Waals surface area contributed by atoms with Gasteiger partial charge in [0.25, 0.3) is 0 Å². The molecule has 0 bridgehead atoms. The number of unbranched alkanes of at least 4 members (excludes halogenated alkanes) is 28. The molecular weight excluding hydrogens is 865 g/mol. The highest BCUT2D eigenvalue weighted by Crippen LogP contribution is 2.16. The molecule has 1 atom stereocenters. The van der Waals surface area contributed by atoms with Crippen LogP contribution in [0.15, 0.2) is 85.1 Å². The molecule has 0 rings (SSSR count). The first-order chi connectivity index (χ1) is 34.5. The first-order valence-corrected chi connectivity index (χ1v) is 29.6. The van der Waals surface area contributed by atoms with Crippen molar-refractivity contribution in [3.05, 3.63) is 85.1 Å². The van der Waals surface area contributed by atoms with E-state index < -0.39 is 6.10 Å². The van der Waals surface area contributed by atoms with Crippen molar-refractivity contribution in [2.24, 2.45) is 0 Å². The van der Waals surface area contributed by atoms with Crippen LogP contribution in [0.2, 0.25) is 0 Å². The minimum atomic E-state index is -0.773. The lowest BCUT2D eigenvalue weighted by Gasteiger charge is -2.18. The number of esters is 3. The van der Waals surface area contributed by atoms with Crippen LogP contribution in [0, 0.1) is 0 Å². The number of hydrogen-bond donors (Lipinski definition) is 0. The molecule has 0 heterocycles. The van der Waals surface area contributed by atoms with Crippen LogP contribution >= 0.6 is 0 Å². The number of allylic oxidation sites excluding steroid dienone is 14. The summed E-state index contributed by atoms with van der Waals surface area (Å²) < 4.78 is 16.8. The van der Waals surface area contributed by atoms with Crippen molar-refractivity contribution < 1.29 is 28.6 Å². The minimum Gasteiger partial charge on any atom is -0.462 e. The van der Waals surface area contributed by atoms with Gasteiger partial charge in [0.2, 0.25) is 0 Å². The predicted octanol–water partition coefficient (Wildman–Crippen LogP) is 19.9. The van der Waals surface area contributed by atoms with E-state index in [1.807, 2.05) is 0 Å². The van der Waals surface area contributed by atoms with Gasteiger partial charge >= 0.3 is 17.9 Å². The second-order valence-electron chi connectivity index (χ2n) is 19.5. The molecule has 0 aliphatic rings. The van der Waals surface area contributed by atoms with Crippen LogP contribution in [0.3, 0.4) is 0 Å². The fourth-order valence-corrected chi connectivity index (χ4v) is 8.25. The van der Waals surface area contributed by atoms with Gasteiger partial charge < -0.3 is 14.2 Å². The van der Waals surface area contributed by atoms with E-state index in [4.69, 9.17) is 14.2 Å². The smallest absolute Gasteiger partial charge is 0.306 e. The van der Waals surface area contributed by atoms with Gasteiger partial charge in [0.15, 0.2) is 6.10 Å². The monoisotopic (exact) mass is 975 g/mol. The lowest BCUT2D eigenvalue weighted by Crippen LogP contribution is -2.30. The van der Waals surface area contributed by atoms with Gasteiger partial charge in [-0.1, -0.05) is 273 Å². The maximum Gasteiger partial charge on any atom is 0.306 e. The van der Waals surface area contributed by atoms with Crippen molar-refractivity contribution in [1.29, 1.82) is 0 Å². The lowest BCUT2D eigenvalue weighted by atomic mass is 10.0. The summed E-state index contributed by atoms with van der Waals surface area (Å²) in [6.45, 7) is 6.48. The Labute approximate surface area is 433 Å². The molecule has 0 aromatic heterocycles. The zero-order chi connectivity index (χ0) is 50.7. The van der Waals surface area contributed by atoms with Crippen LogP contribution < -0.4 is 0 Å². The SMILES string of the molecule is CC/C=C\C/C=C\C/C=C\C/C=C\C/C=C\C/C=C\C/C=C\CCCCCCCCCCCC(=O)OCC(COC(=O)CCCCCCCC)OC(=O)CCCCCCCCCCCCCCCCC. The molecule has 0 amide bonds. The van der Waals surface area contributed by atoms with Crippen molar-refractivity contribution >= 4 is 17.9 Å². The molecule has 1 unspecified atom stereocenters. The number of ether oxygens (including phenoxy) is 3. The Balaban J connectivity index is 4.09. The molecule has 6 nitrogen and oxygen atoms in total. The summed E-state index contributed by atoms with van der Waals surface area (Å²) in [5.41, 5.74) is 0. The summed E-state index contributed by atoms with van der Waals surface area (Å²) >= 11 is 0. The number of carbonyl (C=O) groups excluding carboxylic acids is 3. The standard InChI is InChI=1S/C64H110O6/c1-4-7-10-13-16-18-20-22-24-25-26-27-28-29-30-31-32-33-34-35-36-37-38-39-41-42-44-46-48-51-54-57-63(66)69-60-61(59-68-62(65)56-53-50-15-12-9-6-3)70-64(67)58-55-52-49-47-45-43-40-23-21-19-17-14-11-8-5-2/h7,10,16,18,22,24,26-27,29-30,32-33,35-36,61H,4-6,8-9,11-15,17,19-21,23,25,28,31,34,37-60H2,1-3H3/b10-7-,18-16-,24-22-,27-26-,30-29-,33-32-,36-35-. The quantitative estimate of drug-likeness (QED) is 0.0261. The zero-order valence-electron chi connectivity index (χ0n) is 46.0. The summed E-state index contributed by atoms with van der Waals surface area (Å²) in [6.07, 6.45) is 76.1. The van der Waals surface area contributed by atoms with Crippen LogP contribution in [0.5, 0.6) is 0 Å². The van der Waals surface area contributed by atoms with Gasteiger partial charge in [-0.3, -0.25) is 14.4 Å². The van der Waals surface area contributed by atoms with E-state index in [9.17, 15) is 14.4 Å². The first-order valence-electron chi connectivity index (χ1n) is 29.6. The van der Waals surface area contributed by atoms with E-state index in [1.54, 1.807) is 0 Å². The summed E-state index contributed by atoms with van der Waals surface area (Å²) in [5, 5.41) is 0. The maximum atomic E-state index is 12.8. The highest BCUT2D eigenvalue weighted by atomic mass is 16.6. The summed E-state index contributed by atoms with van der Waals surface area (Å²) in [7, 11) is 0. The molecule has 0 aromatic rings. The normalized spacial score (nSPS) is 12.7. The fraction of sp³-hybridized carbons (Fsp3) is 0.734. The Morgan fingerprint density at radius 2 is 0.557 bits per heavy atom. The Kier molecular flexibility index (Phi) is 55.3. The molecule has 0 aromatic carbocycles. The largest absolute Gasteiger partial charge is 0.462 e. The second kappa shape index (κ2) is 58.2. The zero-order valence-corrected chi connectivity index (χ0v) is 46.0. The van der Waals surface area contributed by atoms with Gasteiger partial charge in [0, 0.05) is 19.3 Å². The van der Waals surface area contributed by atoms with Crippen molar-refractivity contribution in [3.63, 3.8) is 0 Å². The van der Waals surface area contributed by atoms with Gasteiger partial charge in [0.1, 0.15) is 13.2 Å². The average Bonchev–Trinajstić information content (AvgIpc) is 3.36. The molecule has 0 radical (unpaired) electrons. The summed E-state index contributed by atoms with van der Waals surface area (Å²) in [4.78, 5) is 37.9. The van der Waals surface area contributed by atoms with E-state index in [2.05, 4.69) is 106 Å². The molecule has 0 spiro atoms. The topological polar surface area (TPSA) is 78.9 Å². The lowest BCUT2D eigenvalue weighted by molar-refractivity contribution is -0.167. The van der Waals surface area contributed by atoms with Crippen molar-refractivity contribution in [2.75, 3.05) is 13.2 Å². The van der Waals surface area contributed by atoms with Crippen molar-refractivity contribution in [2.45, 2.75) is 290 Å². The van der Waals surface area contributed by atoms with E-state index in [1.165, 1.54) is 135 Å². The molecule has 0 saturated carbocycles. The van der Waals surface area contributed by atoms with Gasteiger partial charge in [0.05, 0.1) is 0 Å². The Bertz CT molecular complexity index is 1350. The molecule has 0 fully saturated rings. The fourth-order valence-electron chi connectivity index (χ4n) is 8.25. The van der Waals surface area contributed by atoms with E-state index in [0.717, 1.165) is 109 Å². The van der Waals surface area contributed by atoms with Gasteiger partial charge in [-0.2, -0.15) is 0 Å². The predicted molar refractivity (Wildman–Crippen MR) is 302 cm³/mol. The van der Waals surface area contributed by atoms with Crippen LogP contribution in [-0.4, -0.2) is 37.2 Å². The third-order valence-electron chi connectivity index (χ3n) is 12.7. The van der Waals surface area contributed by atoms with Crippen LogP contribution in [0.25, 0.3) is 0 Å².